The summed E-state index contributed by atoms with van der Waals surface area (Å²) in [6.45, 7) is 8.26. The molecule has 0 aliphatic carbocycles. The molecule has 1 unspecified atom stereocenters. The second-order valence-corrected chi connectivity index (χ2v) is 6.72. The number of rotatable bonds is 4. The number of benzene rings is 1. The van der Waals surface area contributed by atoms with Crippen molar-refractivity contribution < 1.29 is 4.42 Å². The molecule has 1 aliphatic rings. The fraction of sp³-hybridized carbons (Fsp3) is 0.471. The Kier molecular flexibility index (Phi) is 6.53. The van der Waals surface area contributed by atoms with Gasteiger partial charge in [0.2, 0.25) is 5.89 Å². The summed E-state index contributed by atoms with van der Waals surface area (Å²) < 4.78 is 5.88. The fourth-order valence-electron chi connectivity index (χ4n) is 2.80. The highest BCUT2D eigenvalue weighted by Crippen LogP contribution is 2.25. The van der Waals surface area contributed by atoms with E-state index >= 15 is 0 Å². The van der Waals surface area contributed by atoms with Crippen LogP contribution >= 0.6 is 24.2 Å². The van der Waals surface area contributed by atoms with Gasteiger partial charge in [-0.05, 0) is 44.4 Å². The first-order valence-corrected chi connectivity index (χ1v) is 8.94. The monoisotopic (exact) mass is 353 g/mol. The molecule has 1 aromatic carbocycles. The predicted molar refractivity (Wildman–Crippen MR) is 98.4 cm³/mol. The van der Waals surface area contributed by atoms with Crippen molar-refractivity contribution in [2.75, 3.05) is 25.9 Å². The van der Waals surface area contributed by atoms with Crippen LogP contribution in [0.4, 0.5) is 0 Å². The summed E-state index contributed by atoms with van der Waals surface area (Å²) >= 11 is 1.74. The maximum absolute atomic E-state index is 5.88. The topological polar surface area (TPSA) is 41.3 Å². The van der Waals surface area contributed by atoms with Gasteiger partial charge >= 0.3 is 0 Å². The van der Waals surface area contributed by atoms with Gasteiger partial charge in [-0.3, -0.25) is 4.90 Å². The molecule has 1 atom stereocenters. The van der Waals surface area contributed by atoms with E-state index in [4.69, 9.17) is 9.40 Å². The highest BCUT2D eigenvalue weighted by atomic mass is 35.5. The molecule has 126 valence electrons. The van der Waals surface area contributed by atoms with E-state index in [1.54, 1.807) is 11.8 Å². The van der Waals surface area contributed by atoms with Crippen LogP contribution in [-0.2, 0) is 6.54 Å². The van der Waals surface area contributed by atoms with E-state index in [2.05, 4.69) is 47.7 Å². The van der Waals surface area contributed by atoms with Crippen molar-refractivity contribution in [3.63, 3.8) is 0 Å². The van der Waals surface area contributed by atoms with Gasteiger partial charge in [-0.15, -0.1) is 24.2 Å². The molecule has 1 N–H and O–H groups in total. The number of aryl methyl sites for hydroxylation is 1. The van der Waals surface area contributed by atoms with Crippen molar-refractivity contribution in [2.24, 2.45) is 0 Å². The van der Waals surface area contributed by atoms with Crippen LogP contribution in [0.2, 0.25) is 0 Å². The molecule has 0 bridgehead atoms. The van der Waals surface area contributed by atoms with Crippen molar-refractivity contribution in [3.8, 4) is 11.5 Å². The minimum absolute atomic E-state index is 0. The minimum atomic E-state index is 0. The molecule has 23 heavy (non-hydrogen) atoms. The van der Waals surface area contributed by atoms with E-state index in [0.717, 1.165) is 49.1 Å². The molecule has 1 saturated heterocycles. The van der Waals surface area contributed by atoms with Crippen molar-refractivity contribution >= 4 is 24.2 Å². The lowest BCUT2D eigenvalue weighted by Crippen LogP contribution is -2.48. The summed E-state index contributed by atoms with van der Waals surface area (Å²) in [6.07, 6.45) is 2.08. The normalized spacial score (nSPS) is 18.7. The number of hydrogen-bond acceptors (Lipinski definition) is 5. The van der Waals surface area contributed by atoms with Gasteiger partial charge in [0.25, 0.3) is 0 Å². The maximum atomic E-state index is 5.88. The van der Waals surface area contributed by atoms with Crippen LogP contribution in [0, 0.1) is 6.92 Å². The van der Waals surface area contributed by atoms with Crippen molar-refractivity contribution in [1.29, 1.82) is 0 Å². The lowest BCUT2D eigenvalue weighted by Gasteiger charge is -2.31. The summed E-state index contributed by atoms with van der Waals surface area (Å²) in [5.74, 6) is 1.65. The Morgan fingerprint density at radius 1 is 1.35 bits per heavy atom. The average molecular weight is 354 g/mol. The van der Waals surface area contributed by atoms with E-state index in [9.17, 15) is 0 Å². The first kappa shape index (κ1) is 18.3. The lowest BCUT2D eigenvalue weighted by atomic mass is 10.2. The Morgan fingerprint density at radius 2 is 2.09 bits per heavy atom. The minimum Gasteiger partial charge on any atom is -0.441 e. The molecule has 2 heterocycles. The van der Waals surface area contributed by atoms with Gasteiger partial charge in [-0.25, -0.2) is 4.98 Å². The van der Waals surface area contributed by atoms with E-state index in [1.165, 1.54) is 4.90 Å². The lowest BCUT2D eigenvalue weighted by molar-refractivity contribution is 0.197. The van der Waals surface area contributed by atoms with Crippen LogP contribution in [-0.4, -0.2) is 41.8 Å². The molecule has 2 aromatic rings. The van der Waals surface area contributed by atoms with Gasteiger partial charge in [0.1, 0.15) is 5.76 Å². The van der Waals surface area contributed by atoms with Gasteiger partial charge in [0.15, 0.2) is 0 Å². The Bertz CT molecular complexity index is 629. The first-order valence-electron chi connectivity index (χ1n) is 7.72. The number of oxazole rings is 1. The standard InChI is InChI=1S/C17H23N3OS.ClH/c1-12-10-20(9-8-18-12)11-16-13(2)21-17(19-16)14-4-6-15(22-3)7-5-14;/h4-7,12,18H,8-11H2,1-3H3;1H. The smallest absolute Gasteiger partial charge is 0.226 e. The number of halogens is 1. The number of aromatic nitrogens is 1. The van der Waals surface area contributed by atoms with E-state index < -0.39 is 0 Å². The summed E-state index contributed by atoms with van der Waals surface area (Å²) in [5, 5.41) is 3.47. The van der Waals surface area contributed by atoms with Gasteiger partial charge < -0.3 is 9.73 Å². The van der Waals surface area contributed by atoms with E-state index in [-0.39, 0.29) is 12.4 Å². The number of nitrogens with zero attached hydrogens (tertiary/aromatic N) is 2. The summed E-state index contributed by atoms with van der Waals surface area (Å²) in [4.78, 5) is 8.41. The molecule has 1 aromatic heterocycles. The van der Waals surface area contributed by atoms with Crippen LogP contribution in [0.5, 0.6) is 0 Å². The zero-order valence-corrected chi connectivity index (χ0v) is 15.5. The SMILES string of the molecule is CSc1ccc(-c2nc(CN3CCNC(C)C3)c(C)o2)cc1.Cl. The molecule has 1 aliphatic heterocycles. The van der Waals surface area contributed by atoms with Crippen LogP contribution in [0.15, 0.2) is 33.6 Å². The van der Waals surface area contributed by atoms with Crippen LogP contribution < -0.4 is 5.32 Å². The zero-order valence-electron chi connectivity index (χ0n) is 13.8. The second-order valence-electron chi connectivity index (χ2n) is 5.84. The number of thioether (sulfide) groups is 1. The molecule has 4 nitrogen and oxygen atoms in total. The Hall–Kier alpha value is -1.01. The molecule has 0 amide bonds. The quantitative estimate of drug-likeness (QED) is 0.851. The summed E-state index contributed by atoms with van der Waals surface area (Å²) in [5.41, 5.74) is 2.10. The molecular formula is C17H24ClN3OS. The summed E-state index contributed by atoms with van der Waals surface area (Å²) in [7, 11) is 0. The molecule has 6 heteroatoms. The number of hydrogen-bond donors (Lipinski definition) is 1. The third-order valence-corrected chi connectivity index (χ3v) is 4.80. The van der Waals surface area contributed by atoms with Crippen molar-refractivity contribution in [2.45, 2.75) is 31.3 Å². The van der Waals surface area contributed by atoms with Crippen LogP contribution in [0.3, 0.4) is 0 Å². The van der Waals surface area contributed by atoms with E-state index in [1.807, 2.05) is 6.92 Å². The molecule has 0 saturated carbocycles. The van der Waals surface area contributed by atoms with Crippen molar-refractivity contribution in [3.05, 3.63) is 35.7 Å². The van der Waals surface area contributed by atoms with Gasteiger partial charge in [0.05, 0.1) is 5.69 Å². The Labute approximate surface area is 148 Å². The maximum Gasteiger partial charge on any atom is 0.226 e. The fourth-order valence-corrected chi connectivity index (χ4v) is 3.21. The van der Waals surface area contributed by atoms with Gasteiger partial charge in [-0.1, -0.05) is 0 Å². The van der Waals surface area contributed by atoms with Crippen molar-refractivity contribution in [1.82, 2.24) is 15.2 Å². The third kappa shape index (κ3) is 4.51. The number of piperazine rings is 1. The summed E-state index contributed by atoms with van der Waals surface area (Å²) in [6, 6.07) is 8.91. The van der Waals surface area contributed by atoms with E-state index in [0.29, 0.717) is 6.04 Å². The largest absolute Gasteiger partial charge is 0.441 e. The highest BCUT2D eigenvalue weighted by Gasteiger charge is 2.19. The molecule has 1 fully saturated rings. The molecule has 0 spiro atoms. The molecule has 0 radical (unpaired) electrons. The van der Waals surface area contributed by atoms with Gasteiger partial charge in [0, 0.05) is 42.7 Å². The Morgan fingerprint density at radius 3 is 2.74 bits per heavy atom. The molecular weight excluding hydrogens is 330 g/mol. The Balaban J connectivity index is 0.00000192. The first-order chi connectivity index (χ1) is 10.7. The predicted octanol–water partition coefficient (Wildman–Crippen LogP) is 3.59. The zero-order chi connectivity index (χ0) is 15.5. The van der Waals surface area contributed by atoms with Crippen LogP contribution in [0.25, 0.3) is 11.5 Å². The van der Waals surface area contributed by atoms with Crippen LogP contribution in [0.1, 0.15) is 18.4 Å². The van der Waals surface area contributed by atoms with Gasteiger partial charge in [-0.2, -0.15) is 0 Å². The number of nitrogens with one attached hydrogen (secondary N) is 1. The average Bonchev–Trinajstić information content (AvgIpc) is 2.88. The molecule has 3 rings (SSSR count). The third-order valence-electron chi connectivity index (χ3n) is 4.06. The highest BCUT2D eigenvalue weighted by molar-refractivity contribution is 7.98. The second kappa shape index (κ2) is 8.20.